The Kier molecular flexibility index (Phi) is 2.73. The number of aliphatic hydroxyl groups excluding tert-OH is 1. The van der Waals surface area contributed by atoms with Crippen LogP contribution in [-0.2, 0) is 4.79 Å². The van der Waals surface area contributed by atoms with Gasteiger partial charge >= 0.3 is 6.18 Å². The van der Waals surface area contributed by atoms with Crippen molar-refractivity contribution in [1.29, 1.82) is 0 Å². The van der Waals surface area contributed by atoms with Crippen molar-refractivity contribution in [1.82, 2.24) is 4.90 Å². The van der Waals surface area contributed by atoms with Crippen LogP contribution in [0.3, 0.4) is 0 Å². The molecule has 0 saturated carbocycles. The second kappa shape index (κ2) is 3.51. The lowest BCUT2D eigenvalue weighted by atomic mass is 10.2. The Morgan fingerprint density at radius 2 is 2.07 bits per heavy atom. The molecule has 1 N–H and O–H groups in total. The molecule has 0 radical (unpaired) electrons. The number of halogens is 3. The van der Waals surface area contributed by atoms with Crippen LogP contribution in [0.5, 0.6) is 0 Å². The summed E-state index contributed by atoms with van der Waals surface area (Å²) in [5, 5.41) is 8.87. The summed E-state index contributed by atoms with van der Waals surface area (Å²) in [6.45, 7) is 1.42. The second-order valence-corrected chi connectivity index (χ2v) is 3.07. The van der Waals surface area contributed by atoms with Crippen molar-refractivity contribution in [2.75, 3.05) is 6.54 Å². The number of rotatable bonds is 0. The Hall–Kier alpha value is -1.20. The number of amides is 1. The van der Waals surface area contributed by atoms with Crippen LogP contribution in [0.1, 0.15) is 19.8 Å². The van der Waals surface area contributed by atoms with Crippen LogP contribution in [0.25, 0.3) is 0 Å². The van der Waals surface area contributed by atoms with Crippen molar-refractivity contribution in [2.45, 2.75) is 25.9 Å². The standard InChI is InChI=1S/C8H10F3NO2/c1-5(13)12-4-2-3-6(12)7(14)8(9,10)11/h14H,2-4H2,1H3/b7-6-. The molecule has 0 bridgehead atoms. The molecule has 1 amide bonds. The van der Waals surface area contributed by atoms with Crippen LogP contribution >= 0.6 is 0 Å². The predicted molar refractivity (Wildman–Crippen MR) is 42.3 cm³/mol. The average Bonchev–Trinajstić information content (AvgIpc) is 2.48. The minimum absolute atomic E-state index is 0.0882. The van der Waals surface area contributed by atoms with E-state index >= 15 is 0 Å². The molecule has 0 aromatic rings. The first-order valence-electron chi connectivity index (χ1n) is 4.11. The molecular weight excluding hydrogens is 199 g/mol. The van der Waals surface area contributed by atoms with Gasteiger partial charge in [-0.3, -0.25) is 4.79 Å². The maximum Gasteiger partial charge on any atom is 0.450 e. The predicted octanol–water partition coefficient (Wildman–Crippen LogP) is 1.96. The summed E-state index contributed by atoms with van der Waals surface area (Å²) in [7, 11) is 0. The summed E-state index contributed by atoms with van der Waals surface area (Å²) >= 11 is 0. The maximum atomic E-state index is 12.1. The van der Waals surface area contributed by atoms with Crippen molar-refractivity contribution >= 4 is 5.91 Å². The highest BCUT2D eigenvalue weighted by atomic mass is 19.4. The van der Waals surface area contributed by atoms with Crippen molar-refractivity contribution in [3.05, 3.63) is 11.5 Å². The van der Waals surface area contributed by atoms with E-state index in [2.05, 4.69) is 0 Å². The fourth-order valence-corrected chi connectivity index (χ4v) is 1.43. The Labute approximate surface area is 78.8 Å². The highest BCUT2D eigenvalue weighted by Gasteiger charge is 2.39. The van der Waals surface area contributed by atoms with Gasteiger partial charge < -0.3 is 10.0 Å². The topological polar surface area (TPSA) is 40.5 Å². The molecule has 1 aliphatic rings. The van der Waals surface area contributed by atoms with Gasteiger partial charge in [-0.15, -0.1) is 0 Å². The first kappa shape index (κ1) is 10.9. The minimum Gasteiger partial charge on any atom is -0.503 e. The van der Waals surface area contributed by atoms with Crippen LogP contribution in [0.4, 0.5) is 13.2 Å². The molecule has 0 spiro atoms. The lowest BCUT2D eigenvalue weighted by molar-refractivity contribution is -0.130. The first-order valence-corrected chi connectivity index (χ1v) is 4.11. The zero-order valence-corrected chi connectivity index (χ0v) is 7.56. The molecule has 14 heavy (non-hydrogen) atoms. The molecule has 3 nitrogen and oxygen atoms in total. The Morgan fingerprint density at radius 1 is 1.50 bits per heavy atom. The van der Waals surface area contributed by atoms with Gasteiger partial charge in [-0.1, -0.05) is 0 Å². The van der Waals surface area contributed by atoms with Gasteiger partial charge in [0.25, 0.3) is 0 Å². The molecule has 1 rings (SSSR count). The third kappa shape index (κ3) is 2.00. The summed E-state index contributed by atoms with van der Waals surface area (Å²) in [5.74, 6) is -2.13. The number of carbonyl (C=O) groups excluding carboxylic acids is 1. The number of hydrogen-bond donors (Lipinski definition) is 1. The summed E-state index contributed by atoms with van der Waals surface area (Å²) in [4.78, 5) is 11.9. The van der Waals surface area contributed by atoms with E-state index < -0.39 is 17.8 Å². The van der Waals surface area contributed by atoms with Crippen molar-refractivity contribution in [3.63, 3.8) is 0 Å². The van der Waals surface area contributed by atoms with Crippen LogP contribution in [0, 0.1) is 0 Å². The fraction of sp³-hybridized carbons (Fsp3) is 0.625. The molecule has 1 heterocycles. The number of hydrogen-bond acceptors (Lipinski definition) is 2. The summed E-state index contributed by atoms with van der Waals surface area (Å²) in [6, 6.07) is 0. The van der Waals surface area contributed by atoms with Crippen molar-refractivity contribution in [3.8, 4) is 0 Å². The van der Waals surface area contributed by atoms with E-state index in [-0.39, 0.29) is 18.7 Å². The first-order chi connectivity index (χ1) is 6.34. The van der Waals surface area contributed by atoms with E-state index in [1.54, 1.807) is 0 Å². The molecular formula is C8H10F3NO2. The maximum absolute atomic E-state index is 12.1. The SMILES string of the molecule is CC(=O)N1CCC/C1=C(/O)C(F)(F)F. The van der Waals surface area contributed by atoms with Gasteiger partial charge in [0.05, 0.1) is 5.70 Å². The zero-order chi connectivity index (χ0) is 10.9. The third-order valence-corrected chi connectivity index (χ3v) is 2.04. The normalized spacial score (nSPS) is 21.3. The largest absolute Gasteiger partial charge is 0.503 e. The number of nitrogens with zero attached hydrogens (tertiary/aromatic N) is 1. The average molecular weight is 209 g/mol. The Morgan fingerprint density at radius 3 is 2.50 bits per heavy atom. The van der Waals surface area contributed by atoms with Crippen molar-refractivity contribution < 1.29 is 23.1 Å². The van der Waals surface area contributed by atoms with E-state index in [1.807, 2.05) is 0 Å². The highest BCUT2D eigenvalue weighted by Crippen LogP contribution is 2.32. The van der Waals surface area contributed by atoms with Crippen LogP contribution in [-0.4, -0.2) is 28.6 Å². The second-order valence-electron chi connectivity index (χ2n) is 3.07. The monoisotopic (exact) mass is 209 g/mol. The van der Waals surface area contributed by atoms with Gasteiger partial charge in [0.2, 0.25) is 11.7 Å². The molecule has 0 atom stereocenters. The van der Waals surface area contributed by atoms with Crippen LogP contribution < -0.4 is 0 Å². The highest BCUT2D eigenvalue weighted by molar-refractivity contribution is 5.75. The minimum atomic E-state index is -4.77. The Bertz CT molecular complexity index is 283. The lowest BCUT2D eigenvalue weighted by Crippen LogP contribution is -2.27. The molecule has 0 aromatic carbocycles. The summed E-state index contributed by atoms with van der Waals surface area (Å²) in [6.07, 6.45) is -4.23. The van der Waals surface area contributed by atoms with E-state index in [0.29, 0.717) is 6.42 Å². The number of aliphatic hydroxyl groups is 1. The number of alkyl halides is 3. The molecule has 1 fully saturated rings. The summed E-state index contributed by atoms with van der Waals surface area (Å²) < 4.78 is 36.3. The smallest absolute Gasteiger partial charge is 0.450 e. The van der Waals surface area contributed by atoms with Crippen LogP contribution in [0.15, 0.2) is 11.5 Å². The third-order valence-electron chi connectivity index (χ3n) is 2.04. The summed E-state index contributed by atoms with van der Waals surface area (Å²) in [5.41, 5.74) is -0.315. The quantitative estimate of drug-likeness (QED) is 0.619. The Balaban J connectivity index is 3.01. The van der Waals surface area contributed by atoms with Gasteiger partial charge in [-0.25, -0.2) is 0 Å². The molecule has 80 valence electrons. The number of allylic oxidation sites excluding steroid dienone is 2. The van der Waals surface area contributed by atoms with E-state index in [9.17, 15) is 18.0 Å². The lowest BCUT2D eigenvalue weighted by Gasteiger charge is -2.17. The van der Waals surface area contributed by atoms with Gasteiger partial charge in [0.15, 0.2) is 0 Å². The van der Waals surface area contributed by atoms with Gasteiger partial charge in [0, 0.05) is 13.5 Å². The molecule has 0 unspecified atom stereocenters. The van der Waals surface area contributed by atoms with Crippen LogP contribution in [0.2, 0.25) is 0 Å². The molecule has 0 aliphatic carbocycles. The number of likely N-dealkylation sites (tertiary alicyclic amines) is 1. The molecule has 6 heteroatoms. The van der Waals surface area contributed by atoms with Gasteiger partial charge in [0.1, 0.15) is 0 Å². The zero-order valence-electron chi connectivity index (χ0n) is 7.56. The van der Waals surface area contributed by atoms with E-state index in [0.717, 1.165) is 4.90 Å². The van der Waals surface area contributed by atoms with Crippen molar-refractivity contribution in [2.24, 2.45) is 0 Å². The van der Waals surface area contributed by atoms with Gasteiger partial charge in [-0.2, -0.15) is 13.2 Å². The van der Waals surface area contributed by atoms with E-state index in [1.165, 1.54) is 6.92 Å². The molecule has 0 aromatic heterocycles. The molecule has 1 aliphatic heterocycles. The van der Waals surface area contributed by atoms with Gasteiger partial charge in [-0.05, 0) is 12.8 Å². The van der Waals surface area contributed by atoms with E-state index in [4.69, 9.17) is 5.11 Å². The fourth-order valence-electron chi connectivity index (χ4n) is 1.43. The molecule has 1 saturated heterocycles. The number of carbonyl (C=O) groups is 1.